The zero-order chi connectivity index (χ0) is 13.2. The van der Waals surface area contributed by atoms with Crippen LogP contribution in [0.25, 0.3) is 0 Å². The summed E-state index contributed by atoms with van der Waals surface area (Å²) in [5.74, 6) is -2.01. The van der Waals surface area contributed by atoms with Crippen LogP contribution >= 0.6 is 0 Å². The maximum absolute atomic E-state index is 12.7. The quantitative estimate of drug-likeness (QED) is 0.874. The molecule has 0 aliphatic heterocycles. The third-order valence-corrected chi connectivity index (χ3v) is 2.76. The van der Waals surface area contributed by atoms with E-state index < -0.39 is 23.2 Å². The minimum Gasteiger partial charge on any atom is -0.480 e. The first-order valence-corrected chi connectivity index (χ1v) is 5.04. The van der Waals surface area contributed by atoms with Gasteiger partial charge in [-0.05, 0) is 38.1 Å². The van der Waals surface area contributed by atoms with Crippen molar-refractivity contribution < 1.29 is 19.1 Å². The van der Waals surface area contributed by atoms with Gasteiger partial charge in [0.2, 0.25) is 0 Å². The number of carboxylic acids is 1. The van der Waals surface area contributed by atoms with Crippen LogP contribution in [0.3, 0.4) is 0 Å². The largest absolute Gasteiger partial charge is 0.480 e. The number of benzene rings is 1. The molecule has 0 bridgehead atoms. The van der Waals surface area contributed by atoms with Gasteiger partial charge in [-0.25, -0.2) is 9.18 Å². The van der Waals surface area contributed by atoms with Gasteiger partial charge in [-0.15, -0.1) is 0 Å². The molecule has 0 aromatic heterocycles. The van der Waals surface area contributed by atoms with Crippen LogP contribution in [0, 0.1) is 5.82 Å². The van der Waals surface area contributed by atoms with Crippen LogP contribution in [0.15, 0.2) is 24.3 Å². The average Bonchev–Trinajstić information content (AvgIpc) is 2.27. The van der Waals surface area contributed by atoms with Gasteiger partial charge in [0, 0.05) is 12.6 Å². The van der Waals surface area contributed by atoms with Gasteiger partial charge in [0.25, 0.3) is 5.91 Å². The molecule has 0 aliphatic rings. The summed E-state index contributed by atoms with van der Waals surface area (Å²) >= 11 is 0. The second-order valence-electron chi connectivity index (χ2n) is 4.24. The van der Waals surface area contributed by atoms with Crippen LogP contribution in [-0.4, -0.2) is 34.5 Å². The number of nitrogens with zero attached hydrogens (tertiary/aromatic N) is 1. The maximum atomic E-state index is 12.7. The summed E-state index contributed by atoms with van der Waals surface area (Å²) in [6, 6.07) is 4.97. The Morgan fingerprint density at radius 3 is 2.12 bits per heavy atom. The molecule has 1 aromatic rings. The minimum absolute atomic E-state index is 0.253. The lowest BCUT2D eigenvalue weighted by atomic mass is 10.0. The molecule has 0 aliphatic carbocycles. The SMILES string of the molecule is CN(C(=O)c1ccc(F)cc1)C(C)(C)C(=O)O. The molecule has 1 aromatic carbocycles. The van der Waals surface area contributed by atoms with Crippen LogP contribution in [0.1, 0.15) is 24.2 Å². The fraction of sp³-hybridized carbons (Fsp3) is 0.333. The highest BCUT2D eigenvalue weighted by atomic mass is 19.1. The molecule has 4 nitrogen and oxygen atoms in total. The first kappa shape index (κ1) is 13.2. The summed E-state index contributed by atoms with van der Waals surface area (Å²) in [6.07, 6.45) is 0. The van der Waals surface area contributed by atoms with Gasteiger partial charge in [0.05, 0.1) is 0 Å². The van der Waals surface area contributed by atoms with Gasteiger partial charge in [-0.3, -0.25) is 4.79 Å². The van der Waals surface area contributed by atoms with Crippen molar-refractivity contribution in [2.45, 2.75) is 19.4 Å². The Labute approximate surface area is 98.7 Å². The van der Waals surface area contributed by atoms with E-state index >= 15 is 0 Å². The van der Waals surface area contributed by atoms with Crippen molar-refractivity contribution in [2.24, 2.45) is 0 Å². The summed E-state index contributed by atoms with van der Waals surface area (Å²) in [6.45, 7) is 2.85. The van der Waals surface area contributed by atoms with Crippen LogP contribution in [0.5, 0.6) is 0 Å². The number of carbonyl (C=O) groups is 2. The molecule has 0 fully saturated rings. The summed E-state index contributed by atoms with van der Waals surface area (Å²) in [7, 11) is 1.40. The predicted octanol–water partition coefficient (Wildman–Crippen LogP) is 1.76. The van der Waals surface area contributed by atoms with Crippen molar-refractivity contribution in [3.8, 4) is 0 Å². The standard InChI is InChI=1S/C12H14FNO3/c1-12(2,11(16)17)14(3)10(15)8-4-6-9(13)7-5-8/h4-7H,1-3H3,(H,16,17). The molecule has 0 unspecified atom stereocenters. The fourth-order valence-electron chi connectivity index (χ4n) is 1.18. The Morgan fingerprint density at radius 1 is 1.24 bits per heavy atom. The van der Waals surface area contributed by atoms with Crippen LogP contribution in [0.2, 0.25) is 0 Å². The molecule has 0 saturated heterocycles. The van der Waals surface area contributed by atoms with Crippen LogP contribution in [-0.2, 0) is 4.79 Å². The average molecular weight is 239 g/mol. The molecule has 0 heterocycles. The van der Waals surface area contributed by atoms with Crippen molar-refractivity contribution >= 4 is 11.9 Å². The Balaban J connectivity index is 2.98. The third kappa shape index (κ3) is 2.61. The second-order valence-corrected chi connectivity index (χ2v) is 4.24. The van der Waals surface area contributed by atoms with Crippen LogP contribution < -0.4 is 0 Å². The highest BCUT2D eigenvalue weighted by Gasteiger charge is 2.35. The second kappa shape index (κ2) is 4.53. The van der Waals surface area contributed by atoms with E-state index in [-0.39, 0.29) is 5.56 Å². The number of likely N-dealkylation sites (N-methyl/N-ethyl adjacent to an activating group) is 1. The topological polar surface area (TPSA) is 57.6 Å². The van der Waals surface area contributed by atoms with Gasteiger partial charge in [-0.2, -0.15) is 0 Å². The Bertz CT molecular complexity index is 440. The van der Waals surface area contributed by atoms with Crippen molar-refractivity contribution in [2.75, 3.05) is 7.05 Å². The molecule has 0 saturated carbocycles. The van der Waals surface area contributed by atoms with Gasteiger partial charge in [0.1, 0.15) is 11.4 Å². The summed E-state index contributed by atoms with van der Waals surface area (Å²) in [5, 5.41) is 9.00. The molecule has 0 radical (unpaired) electrons. The van der Waals surface area contributed by atoms with Crippen molar-refractivity contribution in [1.82, 2.24) is 4.90 Å². The van der Waals surface area contributed by atoms with E-state index in [0.717, 1.165) is 17.0 Å². The lowest BCUT2D eigenvalue weighted by molar-refractivity contribution is -0.147. The first-order valence-electron chi connectivity index (χ1n) is 5.04. The van der Waals surface area contributed by atoms with Gasteiger partial charge < -0.3 is 10.0 Å². The summed E-state index contributed by atoms with van der Waals surface area (Å²) in [4.78, 5) is 24.1. The first-order chi connectivity index (χ1) is 7.76. The lowest BCUT2D eigenvalue weighted by Gasteiger charge is -2.31. The van der Waals surface area contributed by atoms with E-state index in [2.05, 4.69) is 0 Å². The molecule has 92 valence electrons. The Hall–Kier alpha value is -1.91. The molecule has 17 heavy (non-hydrogen) atoms. The summed E-state index contributed by atoms with van der Waals surface area (Å²) in [5.41, 5.74) is -1.06. The Morgan fingerprint density at radius 2 is 1.71 bits per heavy atom. The number of carboxylic acid groups (broad SMARTS) is 1. The lowest BCUT2D eigenvalue weighted by Crippen LogP contribution is -2.50. The number of carbonyl (C=O) groups excluding carboxylic acids is 1. The fourth-order valence-corrected chi connectivity index (χ4v) is 1.18. The normalized spacial score (nSPS) is 11.1. The molecule has 5 heteroatoms. The van der Waals surface area contributed by atoms with Crippen molar-refractivity contribution in [3.05, 3.63) is 35.6 Å². The van der Waals surface area contributed by atoms with E-state index in [1.165, 1.54) is 33.0 Å². The summed E-state index contributed by atoms with van der Waals surface area (Å²) < 4.78 is 12.7. The van der Waals surface area contributed by atoms with Gasteiger partial charge in [-0.1, -0.05) is 0 Å². The maximum Gasteiger partial charge on any atom is 0.329 e. The van der Waals surface area contributed by atoms with E-state index in [0.29, 0.717) is 0 Å². The molecular weight excluding hydrogens is 225 g/mol. The van der Waals surface area contributed by atoms with E-state index in [4.69, 9.17) is 5.11 Å². The molecule has 0 spiro atoms. The smallest absolute Gasteiger partial charge is 0.329 e. The molecular formula is C12H14FNO3. The zero-order valence-corrected chi connectivity index (χ0v) is 9.90. The monoisotopic (exact) mass is 239 g/mol. The minimum atomic E-state index is -1.31. The predicted molar refractivity (Wildman–Crippen MR) is 60.2 cm³/mol. The van der Waals surface area contributed by atoms with Crippen molar-refractivity contribution in [1.29, 1.82) is 0 Å². The molecule has 1 N–H and O–H groups in total. The van der Waals surface area contributed by atoms with E-state index in [1.807, 2.05) is 0 Å². The number of hydrogen-bond donors (Lipinski definition) is 1. The zero-order valence-electron chi connectivity index (χ0n) is 9.90. The van der Waals surface area contributed by atoms with Crippen LogP contribution in [0.4, 0.5) is 4.39 Å². The number of hydrogen-bond acceptors (Lipinski definition) is 2. The van der Waals surface area contributed by atoms with Crippen molar-refractivity contribution in [3.63, 3.8) is 0 Å². The highest BCUT2D eigenvalue weighted by Crippen LogP contribution is 2.16. The van der Waals surface area contributed by atoms with E-state index in [9.17, 15) is 14.0 Å². The highest BCUT2D eigenvalue weighted by molar-refractivity contribution is 5.97. The number of aliphatic carboxylic acids is 1. The molecule has 1 amide bonds. The molecule has 0 atom stereocenters. The Kier molecular flexibility index (Phi) is 3.50. The molecule has 1 rings (SSSR count). The van der Waals surface area contributed by atoms with Gasteiger partial charge >= 0.3 is 5.97 Å². The number of amides is 1. The number of rotatable bonds is 3. The van der Waals surface area contributed by atoms with E-state index in [1.54, 1.807) is 0 Å². The van der Waals surface area contributed by atoms with Gasteiger partial charge in [0.15, 0.2) is 0 Å². The number of halogens is 1. The third-order valence-electron chi connectivity index (χ3n) is 2.76.